The molecule has 7 nitrogen and oxygen atoms in total. The molecule has 0 unspecified atom stereocenters. The number of carboxylic acids is 1. The van der Waals surface area contributed by atoms with Crippen LogP contribution in [0.4, 0.5) is 5.69 Å². The molecule has 22 heavy (non-hydrogen) atoms. The highest BCUT2D eigenvalue weighted by Gasteiger charge is 2.20. The van der Waals surface area contributed by atoms with Crippen molar-refractivity contribution in [3.05, 3.63) is 36.5 Å². The number of allylic oxidation sites excluding steroid dienone is 1. The summed E-state index contributed by atoms with van der Waals surface area (Å²) in [5.74, 6) is -0.569. The summed E-state index contributed by atoms with van der Waals surface area (Å²) in [6.45, 7) is 6.55. The van der Waals surface area contributed by atoms with E-state index >= 15 is 0 Å². The summed E-state index contributed by atoms with van der Waals surface area (Å²) in [6.07, 6.45) is 2.49. The van der Waals surface area contributed by atoms with Gasteiger partial charge in [0.2, 0.25) is 0 Å². The average molecular weight is 302 g/mol. The van der Waals surface area contributed by atoms with Crippen LogP contribution < -0.4 is 10.5 Å². The van der Waals surface area contributed by atoms with Crippen molar-refractivity contribution < 1.29 is 14.6 Å². The molecule has 0 bridgehead atoms. The fourth-order valence-electron chi connectivity index (χ4n) is 2.03. The van der Waals surface area contributed by atoms with Crippen molar-refractivity contribution in [3.8, 4) is 17.0 Å². The Kier molecular flexibility index (Phi) is 4.77. The molecule has 0 fully saturated rings. The highest BCUT2D eigenvalue weighted by molar-refractivity contribution is 5.93. The number of nitrogen functional groups attached to an aromatic ring is 1. The van der Waals surface area contributed by atoms with Crippen LogP contribution in [0.5, 0.6) is 5.75 Å². The van der Waals surface area contributed by atoms with E-state index in [1.807, 2.05) is 6.92 Å². The second-order valence-electron chi connectivity index (χ2n) is 4.66. The minimum absolute atomic E-state index is 0.122. The molecule has 0 aliphatic rings. The van der Waals surface area contributed by atoms with Gasteiger partial charge in [-0.05, 0) is 24.6 Å². The second-order valence-corrected chi connectivity index (χ2v) is 4.66. The van der Waals surface area contributed by atoms with Gasteiger partial charge >= 0.3 is 5.97 Å². The molecule has 2 rings (SSSR count). The summed E-state index contributed by atoms with van der Waals surface area (Å²) >= 11 is 0. The summed E-state index contributed by atoms with van der Waals surface area (Å²) < 4.78 is 6.99. The first kappa shape index (κ1) is 15.6. The van der Waals surface area contributed by atoms with Gasteiger partial charge in [-0.1, -0.05) is 18.2 Å². The maximum absolute atomic E-state index is 11.3. The van der Waals surface area contributed by atoms with E-state index in [4.69, 9.17) is 10.5 Å². The lowest BCUT2D eigenvalue weighted by molar-refractivity contribution is 0.0691. The number of carbonyl (C=O) groups is 1. The molecule has 116 valence electrons. The Hall–Kier alpha value is -2.83. The molecule has 1 aromatic carbocycles. The van der Waals surface area contributed by atoms with E-state index in [1.165, 1.54) is 4.68 Å². The smallest absolute Gasteiger partial charge is 0.358 e. The number of benzene rings is 1. The van der Waals surface area contributed by atoms with Gasteiger partial charge < -0.3 is 15.6 Å². The van der Waals surface area contributed by atoms with Gasteiger partial charge in [0.1, 0.15) is 11.4 Å². The zero-order valence-corrected chi connectivity index (χ0v) is 12.3. The van der Waals surface area contributed by atoms with E-state index in [9.17, 15) is 9.90 Å². The highest BCUT2D eigenvalue weighted by Crippen LogP contribution is 2.30. The van der Waals surface area contributed by atoms with Gasteiger partial charge in [-0.2, -0.15) is 0 Å². The number of hydrogen-bond donors (Lipinski definition) is 2. The van der Waals surface area contributed by atoms with Crippen LogP contribution in [0.15, 0.2) is 30.9 Å². The van der Waals surface area contributed by atoms with Gasteiger partial charge in [-0.3, -0.25) is 0 Å². The zero-order chi connectivity index (χ0) is 16.1. The number of carboxylic acid groups (broad SMARTS) is 1. The van der Waals surface area contributed by atoms with E-state index in [0.717, 1.165) is 6.42 Å². The Morgan fingerprint density at radius 3 is 2.91 bits per heavy atom. The van der Waals surface area contributed by atoms with Crippen molar-refractivity contribution in [1.29, 1.82) is 0 Å². The number of rotatable bonds is 7. The summed E-state index contributed by atoms with van der Waals surface area (Å²) in [7, 11) is 0. The number of aromatic nitrogens is 3. The third-order valence-corrected chi connectivity index (χ3v) is 2.98. The average Bonchev–Trinajstić information content (AvgIpc) is 2.90. The van der Waals surface area contributed by atoms with E-state index in [-0.39, 0.29) is 5.69 Å². The van der Waals surface area contributed by atoms with Crippen molar-refractivity contribution in [2.24, 2.45) is 0 Å². The molecule has 0 saturated carbocycles. The van der Waals surface area contributed by atoms with Crippen LogP contribution in [0.3, 0.4) is 0 Å². The molecule has 1 aromatic heterocycles. The van der Waals surface area contributed by atoms with Crippen LogP contribution >= 0.6 is 0 Å². The predicted molar refractivity (Wildman–Crippen MR) is 82.8 cm³/mol. The minimum atomic E-state index is -1.14. The van der Waals surface area contributed by atoms with E-state index in [2.05, 4.69) is 16.9 Å². The maximum atomic E-state index is 11.3. The largest absolute Gasteiger partial charge is 0.491 e. The van der Waals surface area contributed by atoms with E-state index in [0.29, 0.717) is 35.8 Å². The molecule has 0 aliphatic heterocycles. The molecular weight excluding hydrogens is 284 g/mol. The molecule has 7 heteroatoms. The van der Waals surface area contributed by atoms with Crippen molar-refractivity contribution >= 4 is 11.7 Å². The lowest BCUT2D eigenvalue weighted by atomic mass is 10.1. The summed E-state index contributed by atoms with van der Waals surface area (Å²) in [6, 6.07) is 5.12. The first-order chi connectivity index (χ1) is 10.6. The van der Waals surface area contributed by atoms with Gasteiger partial charge in [0.15, 0.2) is 5.69 Å². The first-order valence-electron chi connectivity index (χ1n) is 6.88. The Balaban J connectivity index is 2.46. The lowest BCUT2D eigenvalue weighted by Gasteiger charge is -2.10. The van der Waals surface area contributed by atoms with Gasteiger partial charge in [0.25, 0.3) is 0 Å². The van der Waals surface area contributed by atoms with E-state index < -0.39 is 5.97 Å². The molecular formula is C15H18N4O3. The lowest BCUT2D eigenvalue weighted by Crippen LogP contribution is -2.05. The molecule has 0 spiro atoms. The fourth-order valence-corrected chi connectivity index (χ4v) is 2.03. The van der Waals surface area contributed by atoms with Gasteiger partial charge in [-0.25, -0.2) is 9.48 Å². The van der Waals surface area contributed by atoms with Crippen LogP contribution in [0, 0.1) is 0 Å². The molecule has 2 aromatic rings. The zero-order valence-electron chi connectivity index (χ0n) is 12.3. The second kappa shape index (κ2) is 6.75. The van der Waals surface area contributed by atoms with Gasteiger partial charge in [0.05, 0.1) is 18.8 Å². The molecule has 3 N–H and O–H groups in total. The molecule has 0 atom stereocenters. The van der Waals surface area contributed by atoms with Crippen LogP contribution in [0.2, 0.25) is 0 Å². The quantitative estimate of drug-likeness (QED) is 0.600. The van der Waals surface area contributed by atoms with Gasteiger partial charge in [0, 0.05) is 5.56 Å². The number of nitrogens with two attached hydrogens (primary N) is 1. The molecule has 0 saturated heterocycles. The van der Waals surface area contributed by atoms with Crippen LogP contribution in [0.1, 0.15) is 23.8 Å². The molecule has 0 amide bonds. The third kappa shape index (κ3) is 3.08. The highest BCUT2D eigenvalue weighted by atomic mass is 16.5. The minimum Gasteiger partial charge on any atom is -0.491 e. The number of anilines is 1. The summed E-state index contributed by atoms with van der Waals surface area (Å²) in [4.78, 5) is 11.3. The van der Waals surface area contributed by atoms with Crippen LogP contribution in [-0.2, 0) is 6.54 Å². The Bertz CT molecular complexity index is 694. The molecule has 0 radical (unpaired) electrons. The Morgan fingerprint density at radius 1 is 1.55 bits per heavy atom. The third-order valence-electron chi connectivity index (χ3n) is 2.98. The van der Waals surface area contributed by atoms with Crippen molar-refractivity contribution in [2.75, 3.05) is 12.3 Å². The first-order valence-corrected chi connectivity index (χ1v) is 6.88. The van der Waals surface area contributed by atoms with Crippen molar-refractivity contribution in [2.45, 2.75) is 19.9 Å². The summed E-state index contributed by atoms with van der Waals surface area (Å²) in [5.41, 5.74) is 7.30. The number of hydrogen-bond acceptors (Lipinski definition) is 5. The Morgan fingerprint density at radius 2 is 2.32 bits per heavy atom. The predicted octanol–water partition coefficient (Wildman–Crippen LogP) is 2.20. The van der Waals surface area contributed by atoms with Crippen molar-refractivity contribution in [1.82, 2.24) is 15.0 Å². The SMILES string of the molecule is C=CCn1nnc(C(=O)O)c1-c1ccc(OCCC)c(N)c1. The number of nitrogens with zero attached hydrogens (tertiary/aromatic N) is 3. The molecule has 1 heterocycles. The Labute approximate surface area is 128 Å². The maximum Gasteiger partial charge on any atom is 0.358 e. The van der Waals surface area contributed by atoms with Gasteiger partial charge in [-0.15, -0.1) is 11.7 Å². The van der Waals surface area contributed by atoms with Crippen molar-refractivity contribution in [3.63, 3.8) is 0 Å². The fraction of sp³-hybridized carbons (Fsp3) is 0.267. The van der Waals surface area contributed by atoms with E-state index in [1.54, 1.807) is 24.3 Å². The standard InChI is InChI=1S/C15H18N4O3/c1-3-7-19-14(13(15(20)21)17-18-19)10-5-6-12(11(16)9-10)22-8-4-2/h3,5-6,9H,1,4,7-8,16H2,2H3,(H,20,21). The number of ether oxygens (including phenoxy) is 1. The number of aromatic carboxylic acids is 1. The normalized spacial score (nSPS) is 10.4. The monoisotopic (exact) mass is 302 g/mol. The van der Waals surface area contributed by atoms with Crippen LogP contribution in [0.25, 0.3) is 11.3 Å². The van der Waals surface area contributed by atoms with Crippen LogP contribution in [-0.4, -0.2) is 32.7 Å². The summed E-state index contributed by atoms with van der Waals surface area (Å²) in [5, 5.41) is 16.8. The molecule has 0 aliphatic carbocycles. The topological polar surface area (TPSA) is 103 Å².